The van der Waals surface area contributed by atoms with Crippen LogP contribution in [0.4, 0.5) is 0 Å². The molecule has 0 bridgehead atoms. The number of amides is 1. The minimum absolute atomic E-state index is 0.000121. The van der Waals surface area contributed by atoms with Gasteiger partial charge in [-0.2, -0.15) is 12.6 Å². The maximum atomic E-state index is 11.8. The van der Waals surface area contributed by atoms with Gasteiger partial charge in [0.2, 0.25) is 0 Å². The van der Waals surface area contributed by atoms with Crippen LogP contribution in [0.3, 0.4) is 0 Å². The Morgan fingerprint density at radius 1 is 1.50 bits per heavy atom. The van der Waals surface area contributed by atoms with E-state index in [1.807, 2.05) is 20.8 Å². The molecule has 0 aliphatic rings. The van der Waals surface area contributed by atoms with Crippen LogP contribution in [-0.4, -0.2) is 40.5 Å². The first-order chi connectivity index (χ1) is 9.23. The third kappa shape index (κ3) is 5.08. The summed E-state index contributed by atoms with van der Waals surface area (Å²) in [5.74, 6) is -1.27. The van der Waals surface area contributed by atoms with E-state index >= 15 is 0 Å². The third-order valence-electron chi connectivity index (χ3n) is 2.22. The molecular formula is C13H18N2O4S. The Morgan fingerprint density at radius 2 is 2.15 bits per heavy atom. The quantitative estimate of drug-likeness (QED) is 0.569. The van der Waals surface area contributed by atoms with E-state index in [-0.39, 0.29) is 17.1 Å². The van der Waals surface area contributed by atoms with Crippen LogP contribution in [0, 0.1) is 0 Å². The Labute approximate surface area is 122 Å². The number of carboxylic acid groups (broad SMARTS) is 1. The van der Waals surface area contributed by atoms with Crippen molar-refractivity contribution >= 4 is 30.7 Å². The number of thiol groups is 1. The standard InChI is InChI=1S/C13H18N2O4S/c1-13(2,3)14-6-8-4-5-10(19-8)11(16)15-9(7-20)12(17)18/h4-6,9,20H,7H2,1-3H3,(H,15,16)(H,17,18). The zero-order chi connectivity index (χ0) is 15.3. The molecule has 0 aliphatic heterocycles. The Morgan fingerprint density at radius 3 is 2.65 bits per heavy atom. The van der Waals surface area contributed by atoms with Gasteiger partial charge in [0, 0.05) is 5.75 Å². The summed E-state index contributed by atoms with van der Waals surface area (Å²) < 4.78 is 5.29. The molecule has 20 heavy (non-hydrogen) atoms. The molecule has 7 heteroatoms. The molecule has 1 unspecified atom stereocenters. The smallest absolute Gasteiger partial charge is 0.327 e. The molecule has 0 aromatic carbocycles. The summed E-state index contributed by atoms with van der Waals surface area (Å²) in [6.45, 7) is 5.80. The molecule has 0 saturated heterocycles. The molecular weight excluding hydrogens is 280 g/mol. The summed E-state index contributed by atoms with van der Waals surface area (Å²) in [6, 6.07) is 2.01. The lowest BCUT2D eigenvalue weighted by Crippen LogP contribution is -2.41. The van der Waals surface area contributed by atoms with E-state index in [0.29, 0.717) is 5.76 Å². The first-order valence-electron chi connectivity index (χ1n) is 6.02. The number of nitrogens with one attached hydrogen (secondary N) is 1. The highest BCUT2D eigenvalue weighted by atomic mass is 32.1. The van der Waals surface area contributed by atoms with Crippen LogP contribution in [-0.2, 0) is 4.79 Å². The van der Waals surface area contributed by atoms with Crippen LogP contribution in [0.5, 0.6) is 0 Å². The lowest BCUT2D eigenvalue weighted by molar-refractivity contribution is -0.138. The monoisotopic (exact) mass is 298 g/mol. The molecule has 1 aromatic rings. The minimum Gasteiger partial charge on any atom is -0.480 e. The number of carboxylic acids is 1. The van der Waals surface area contributed by atoms with Gasteiger partial charge in [-0.15, -0.1) is 0 Å². The fourth-order valence-corrected chi connectivity index (χ4v) is 1.46. The molecule has 110 valence electrons. The second kappa shape index (κ2) is 6.60. The van der Waals surface area contributed by atoms with Crippen molar-refractivity contribution in [3.05, 3.63) is 23.7 Å². The maximum absolute atomic E-state index is 11.8. The number of rotatable bonds is 5. The van der Waals surface area contributed by atoms with Gasteiger partial charge in [-0.25, -0.2) is 4.79 Å². The van der Waals surface area contributed by atoms with E-state index in [2.05, 4.69) is 22.9 Å². The number of hydrogen-bond donors (Lipinski definition) is 3. The molecule has 1 heterocycles. The molecule has 2 N–H and O–H groups in total. The van der Waals surface area contributed by atoms with Crippen LogP contribution >= 0.6 is 12.6 Å². The van der Waals surface area contributed by atoms with Gasteiger partial charge in [0.05, 0.1) is 11.8 Å². The number of aliphatic imine (C=N–C) groups is 1. The van der Waals surface area contributed by atoms with Crippen molar-refractivity contribution in [1.29, 1.82) is 0 Å². The van der Waals surface area contributed by atoms with Gasteiger partial charge in [-0.3, -0.25) is 9.79 Å². The van der Waals surface area contributed by atoms with E-state index < -0.39 is 17.9 Å². The summed E-state index contributed by atoms with van der Waals surface area (Å²) in [5.41, 5.74) is -0.240. The van der Waals surface area contributed by atoms with E-state index in [9.17, 15) is 9.59 Å². The molecule has 1 rings (SSSR count). The van der Waals surface area contributed by atoms with Crippen molar-refractivity contribution in [1.82, 2.24) is 5.32 Å². The third-order valence-corrected chi connectivity index (χ3v) is 2.58. The average molecular weight is 298 g/mol. The van der Waals surface area contributed by atoms with Gasteiger partial charge >= 0.3 is 5.97 Å². The highest BCUT2D eigenvalue weighted by Crippen LogP contribution is 2.10. The topological polar surface area (TPSA) is 91.9 Å². The van der Waals surface area contributed by atoms with Crippen LogP contribution in [0.1, 0.15) is 37.1 Å². The Kier molecular flexibility index (Phi) is 5.38. The van der Waals surface area contributed by atoms with Crippen LogP contribution in [0.25, 0.3) is 0 Å². The van der Waals surface area contributed by atoms with E-state index in [1.54, 1.807) is 6.07 Å². The van der Waals surface area contributed by atoms with Crippen molar-refractivity contribution < 1.29 is 19.1 Å². The highest BCUT2D eigenvalue weighted by molar-refractivity contribution is 7.80. The zero-order valence-electron chi connectivity index (χ0n) is 11.6. The molecule has 6 nitrogen and oxygen atoms in total. The molecule has 0 aliphatic carbocycles. The summed E-state index contributed by atoms with van der Waals surface area (Å²) in [5, 5.41) is 11.1. The lowest BCUT2D eigenvalue weighted by Gasteiger charge is -2.10. The van der Waals surface area contributed by atoms with Gasteiger partial charge < -0.3 is 14.8 Å². The van der Waals surface area contributed by atoms with Gasteiger partial charge in [0.15, 0.2) is 5.76 Å². The minimum atomic E-state index is -1.14. The molecule has 0 fully saturated rings. The Hall–Kier alpha value is -1.76. The van der Waals surface area contributed by atoms with Gasteiger partial charge in [-0.05, 0) is 32.9 Å². The van der Waals surface area contributed by atoms with Crippen molar-refractivity contribution in [2.24, 2.45) is 4.99 Å². The fraction of sp³-hybridized carbons (Fsp3) is 0.462. The van der Waals surface area contributed by atoms with Crippen molar-refractivity contribution in [3.63, 3.8) is 0 Å². The number of nitrogens with zero attached hydrogens (tertiary/aromatic N) is 1. The predicted molar refractivity (Wildman–Crippen MR) is 78.8 cm³/mol. The second-order valence-corrected chi connectivity index (χ2v) is 5.54. The van der Waals surface area contributed by atoms with Gasteiger partial charge in [0.1, 0.15) is 11.8 Å². The van der Waals surface area contributed by atoms with Crippen LogP contribution in [0.15, 0.2) is 21.5 Å². The number of furan rings is 1. The molecule has 0 saturated carbocycles. The number of aliphatic carboxylic acids is 1. The van der Waals surface area contributed by atoms with Gasteiger partial charge in [-0.1, -0.05) is 0 Å². The van der Waals surface area contributed by atoms with Crippen molar-refractivity contribution in [2.75, 3.05) is 5.75 Å². The van der Waals surface area contributed by atoms with Crippen molar-refractivity contribution in [2.45, 2.75) is 32.4 Å². The average Bonchev–Trinajstić information content (AvgIpc) is 2.80. The summed E-state index contributed by atoms with van der Waals surface area (Å²) >= 11 is 3.87. The highest BCUT2D eigenvalue weighted by Gasteiger charge is 2.20. The second-order valence-electron chi connectivity index (χ2n) is 5.18. The Bertz CT molecular complexity index is 517. The zero-order valence-corrected chi connectivity index (χ0v) is 12.5. The molecule has 1 atom stereocenters. The number of hydrogen-bond acceptors (Lipinski definition) is 5. The van der Waals surface area contributed by atoms with Crippen LogP contribution in [0.2, 0.25) is 0 Å². The maximum Gasteiger partial charge on any atom is 0.327 e. The van der Waals surface area contributed by atoms with Crippen molar-refractivity contribution in [3.8, 4) is 0 Å². The molecule has 0 spiro atoms. The summed E-state index contributed by atoms with van der Waals surface area (Å²) in [6.07, 6.45) is 1.53. The lowest BCUT2D eigenvalue weighted by atomic mass is 10.1. The van der Waals surface area contributed by atoms with E-state index in [0.717, 1.165) is 0 Å². The first kappa shape index (κ1) is 16.3. The predicted octanol–water partition coefficient (Wildman–Crippen LogP) is 1.61. The Balaban J connectivity index is 2.74. The number of carbonyl (C=O) groups is 2. The van der Waals surface area contributed by atoms with E-state index in [1.165, 1.54) is 12.3 Å². The van der Waals surface area contributed by atoms with E-state index in [4.69, 9.17) is 9.52 Å². The molecule has 1 aromatic heterocycles. The first-order valence-corrected chi connectivity index (χ1v) is 6.66. The largest absolute Gasteiger partial charge is 0.480 e. The number of carbonyl (C=O) groups excluding carboxylic acids is 1. The van der Waals surface area contributed by atoms with Gasteiger partial charge in [0.25, 0.3) is 5.91 Å². The normalized spacial score (nSPS) is 13.4. The summed E-state index contributed by atoms with van der Waals surface area (Å²) in [7, 11) is 0. The SMILES string of the molecule is CC(C)(C)N=Cc1ccc(C(=O)NC(CS)C(=O)O)o1. The van der Waals surface area contributed by atoms with Crippen LogP contribution < -0.4 is 5.32 Å². The summed E-state index contributed by atoms with van der Waals surface area (Å²) in [4.78, 5) is 26.8. The molecule has 0 radical (unpaired) electrons. The fourth-order valence-electron chi connectivity index (χ4n) is 1.22. The molecule has 1 amide bonds.